The van der Waals surface area contributed by atoms with Crippen LogP contribution in [0.1, 0.15) is 55.2 Å². The Balaban J connectivity index is 1.61. The van der Waals surface area contributed by atoms with Crippen molar-refractivity contribution in [3.8, 4) is 5.75 Å². The van der Waals surface area contributed by atoms with Crippen molar-refractivity contribution in [2.75, 3.05) is 25.2 Å². The number of hydrogen-bond acceptors (Lipinski definition) is 8. The van der Waals surface area contributed by atoms with Gasteiger partial charge in [-0.25, -0.2) is 4.79 Å². The number of esters is 1. The molecule has 7 nitrogen and oxygen atoms in total. The fourth-order valence-electron chi connectivity index (χ4n) is 5.63. The first-order chi connectivity index (χ1) is 19.3. The van der Waals surface area contributed by atoms with Gasteiger partial charge >= 0.3 is 5.97 Å². The van der Waals surface area contributed by atoms with Crippen molar-refractivity contribution in [1.29, 1.82) is 0 Å². The fraction of sp³-hybridized carbons (Fsp3) is 0.344. The topological polar surface area (TPSA) is 94.8 Å². The summed E-state index contributed by atoms with van der Waals surface area (Å²) in [6.07, 6.45) is 2.20. The van der Waals surface area contributed by atoms with Crippen molar-refractivity contribution in [2.45, 2.75) is 45.4 Å². The zero-order valence-electron chi connectivity index (χ0n) is 23.2. The molecule has 1 aliphatic heterocycles. The third kappa shape index (κ3) is 5.32. The molecule has 0 amide bonds. The second-order valence-corrected chi connectivity index (χ2v) is 11.5. The minimum atomic E-state index is -0.887. The molecule has 1 aliphatic carbocycles. The van der Waals surface area contributed by atoms with E-state index in [9.17, 15) is 14.4 Å². The van der Waals surface area contributed by atoms with E-state index in [1.54, 1.807) is 37.9 Å². The summed E-state index contributed by atoms with van der Waals surface area (Å²) >= 11 is 1.67. The quantitative estimate of drug-likeness (QED) is 0.275. The molecule has 8 heteroatoms. The number of fused-ring (bicyclic) bond motifs is 1. The van der Waals surface area contributed by atoms with Crippen LogP contribution in [0, 0.1) is 6.92 Å². The van der Waals surface area contributed by atoms with Gasteiger partial charge < -0.3 is 19.2 Å². The smallest absolute Gasteiger partial charge is 0.336 e. The number of Topliss-reactive ketones (excluding diaryl/α,β-unsaturated/α-hetero) is 1. The van der Waals surface area contributed by atoms with Gasteiger partial charge in [0.2, 0.25) is 0 Å². The summed E-state index contributed by atoms with van der Waals surface area (Å²) in [6, 6.07) is 13.1. The second kappa shape index (κ2) is 11.8. The fourth-order valence-corrected chi connectivity index (χ4v) is 6.12. The number of carbonyl (C=O) groups excluding carboxylic acids is 2. The molecular formula is C32H33NO6S. The normalized spacial score (nSPS) is 18.9. The van der Waals surface area contributed by atoms with Crippen LogP contribution >= 0.6 is 11.8 Å². The Kier molecular flexibility index (Phi) is 8.17. The van der Waals surface area contributed by atoms with Gasteiger partial charge in [-0.1, -0.05) is 30.7 Å². The van der Waals surface area contributed by atoms with Crippen molar-refractivity contribution in [3.05, 3.63) is 98.2 Å². The number of hydrogen-bond donors (Lipinski definition) is 1. The standard InChI is InChI=1S/C32H33NO6S/c1-5-40-12-11-38-32(36)28-19(3)33-25-15-21(20-7-6-8-22(14-20)37-4)16-26(34)30(25)29(28)24-17-39-27-10-9-18(2)13-23(27)31(24)35/h6-10,13-14,17,21,29,33H,5,11-12,15-16H2,1-4H3/t21-,29+/m1/s1. The molecule has 40 heavy (non-hydrogen) atoms. The largest absolute Gasteiger partial charge is 0.497 e. The third-order valence-electron chi connectivity index (χ3n) is 7.54. The summed E-state index contributed by atoms with van der Waals surface area (Å²) in [5, 5.41) is 3.76. The summed E-state index contributed by atoms with van der Waals surface area (Å²) in [5.41, 5.74) is 4.35. The number of rotatable bonds is 8. The lowest BCUT2D eigenvalue weighted by atomic mass is 9.72. The molecule has 3 aromatic rings. The van der Waals surface area contributed by atoms with Crippen LogP contribution in [0.3, 0.4) is 0 Å². The zero-order valence-corrected chi connectivity index (χ0v) is 24.0. The van der Waals surface area contributed by atoms with E-state index in [4.69, 9.17) is 13.9 Å². The van der Waals surface area contributed by atoms with Crippen molar-refractivity contribution in [3.63, 3.8) is 0 Å². The molecule has 0 bridgehead atoms. The predicted octanol–water partition coefficient (Wildman–Crippen LogP) is 5.77. The van der Waals surface area contributed by atoms with Gasteiger partial charge in [0.15, 0.2) is 11.2 Å². The number of allylic oxidation sites excluding steroid dienone is 3. The van der Waals surface area contributed by atoms with Crippen LogP contribution in [0.25, 0.3) is 11.0 Å². The highest BCUT2D eigenvalue weighted by molar-refractivity contribution is 7.99. The van der Waals surface area contributed by atoms with Gasteiger partial charge in [0, 0.05) is 34.7 Å². The monoisotopic (exact) mass is 559 g/mol. The number of ether oxygens (including phenoxy) is 2. The zero-order chi connectivity index (χ0) is 28.4. The molecule has 2 heterocycles. The van der Waals surface area contributed by atoms with E-state index >= 15 is 0 Å². The molecule has 5 rings (SSSR count). The molecule has 0 fully saturated rings. The van der Waals surface area contributed by atoms with Crippen molar-refractivity contribution in [2.24, 2.45) is 0 Å². The van der Waals surface area contributed by atoms with E-state index < -0.39 is 11.9 Å². The Morgan fingerprint density at radius 3 is 2.73 bits per heavy atom. The van der Waals surface area contributed by atoms with Crippen LogP contribution in [-0.4, -0.2) is 37.0 Å². The van der Waals surface area contributed by atoms with E-state index in [2.05, 4.69) is 5.32 Å². The highest BCUT2D eigenvalue weighted by Gasteiger charge is 2.42. The highest BCUT2D eigenvalue weighted by atomic mass is 32.2. The molecule has 0 saturated heterocycles. The number of methoxy groups -OCH3 is 1. The maximum atomic E-state index is 13.9. The van der Waals surface area contributed by atoms with Crippen molar-refractivity contribution < 1.29 is 23.5 Å². The maximum absolute atomic E-state index is 13.9. The molecule has 0 saturated carbocycles. The highest BCUT2D eigenvalue weighted by Crippen LogP contribution is 2.45. The summed E-state index contributed by atoms with van der Waals surface area (Å²) in [5.74, 6) is 0.698. The average molecular weight is 560 g/mol. The first-order valence-corrected chi connectivity index (χ1v) is 14.6. The van der Waals surface area contributed by atoms with Crippen LogP contribution in [-0.2, 0) is 14.3 Å². The maximum Gasteiger partial charge on any atom is 0.336 e. The summed E-state index contributed by atoms with van der Waals surface area (Å²) in [6.45, 7) is 5.98. The van der Waals surface area contributed by atoms with E-state index in [-0.39, 0.29) is 41.3 Å². The Morgan fingerprint density at radius 2 is 1.95 bits per heavy atom. The first kappa shape index (κ1) is 27.8. The van der Waals surface area contributed by atoms with Gasteiger partial charge in [-0.15, -0.1) is 0 Å². The molecule has 2 aliphatic rings. The Morgan fingerprint density at radius 1 is 1.12 bits per heavy atom. The number of nitrogens with one attached hydrogen (secondary N) is 1. The van der Waals surface area contributed by atoms with Gasteiger partial charge in [0.25, 0.3) is 0 Å². The lowest BCUT2D eigenvalue weighted by molar-refractivity contribution is -0.138. The van der Waals surface area contributed by atoms with Crippen molar-refractivity contribution in [1.82, 2.24) is 5.32 Å². The molecule has 1 aromatic heterocycles. The molecule has 2 atom stereocenters. The van der Waals surface area contributed by atoms with Gasteiger partial charge in [-0.2, -0.15) is 11.8 Å². The van der Waals surface area contributed by atoms with Crippen LogP contribution < -0.4 is 15.5 Å². The molecule has 2 aromatic carbocycles. The number of dihydropyridines is 1. The summed E-state index contributed by atoms with van der Waals surface area (Å²) in [7, 11) is 1.62. The average Bonchev–Trinajstić information content (AvgIpc) is 2.95. The molecule has 208 valence electrons. The van der Waals surface area contributed by atoms with E-state index in [1.165, 1.54) is 6.26 Å². The van der Waals surface area contributed by atoms with Gasteiger partial charge in [-0.05, 0) is 61.8 Å². The van der Waals surface area contributed by atoms with Gasteiger partial charge in [0.05, 0.1) is 30.3 Å². The van der Waals surface area contributed by atoms with E-state index in [1.807, 2.05) is 44.2 Å². The lowest BCUT2D eigenvalue weighted by Gasteiger charge is -2.36. The minimum absolute atomic E-state index is 0.0717. The van der Waals surface area contributed by atoms with Crippen LogP contribution in [0.5, 0.6) is 5.75 Å². The van der Waals surface area contributed by atoms with E-state index in [0.29, 0.717) is 40.1 Å². The Hall–Kier alpha value is -3.78. The molecule has 1 N–H and O–H groups in total. The van der Waals surface area contributed by atoms with Gasteiger partial charge in [0.1, 0.15) is 17.9 Å². The Labute approximate surface area is 237 Å². The third-order valence-corrected chi connectivity index (χ3v) is 8.41. The Bertz CT molecular complexity index is 1600. The number of thioether (sulfide) groups is 1. The SMILES string of the molecule is CCSCCOC(=O)C1=C(C)NC2=C(C(=O)C[C@H](c3cccc(OC)c3)C2)[C@H]1c1coc2ccc(C)cc2c1=O. The number of ketones is 1. The predicted molar refractivity (Wildman–Crippen MR) is 157 cm³/mol. The number of carbonyl (C=O) groups is 2. The van der Waals surface area contributed by atoms with Crippen LogP contribution in [0.15, 0.2) is 80.5 Å². The van der Waals surface area contributed by atoms with Crippen LogP contribution in [0.4, 0.5) is 0 Å². The van der Waals surface area contributed by atoms with E-state index in [0.717, 1.165) is 22.6 Å². The van der Waals surface area contributed by atoms with Gasteiger partial charge in [-0.3, -0.25) is 9.59 Å². The molecule has 0 unspecified atom stereocenters. The number of aryl methyl sites for hydroxylation is 1. The molecular weight excluding hydrogens is 526 g/mol. The first-order valence-electron chi connectivity index (χ1n) is 13.5. The second-order valence-electron chi connectivity index (χ2n) is 10.1. The summed E-state index contributed by atoms with van der Waals surface area (Å²) < 4.78 is 16.9. The lowest BCUT2D eigenvalue weighted by Crippen LogP contribution is -2.37. The molecule has 0 radical (unpaired) electrons. The molecule has 0 spiro atoms. The minimum Gasteiger partial charge on any atom is -0.497 e. The van der Waals surface area contributed by atoms with Crippen molar-refractivity contribution >= 4 is 34.5 Å². The number of benzene rings is 2. The summed E-state index contributed by atoms with van der Waals surface area (Å²) in [4.78, 5) is 41.3. The van der Waals surface area contributed by atoms with Crippen LogP contribution in [0.2, 0.25) is 0 Å².